The van der Waals surface area contributed by atoms with Crippen molar-refractivity contribution in [2.24, 2.45) is 5.92 Å². The van der Waals surface area contributed by atoms with Crippen molar-refractivity contribution in [3.63, 3.8) is 0 Å². The van der Waals surface area contributed by atoms with Crippen LogP contribution >= 0.6 is 0 Å². The minimum absolute atomic E-state index is 0.135. The predicted octanol–water partition coefficient (Wildman–Crippen LogP) is 5.26. The van der Waals surface area contributed by atoms with Gasteiger partial charge in [0.25, 0.3) is 0 Å². The molecule has 0 saturated heterocycles. The predicted molar refractivity (Wildman–Crippen MR) is 118 cm³/mol. The van der Waals surface area contributed by atoms with E-state index in [0.717, 1.165) is 31.2 Å². The average Bonchev–Trinajstić information content (AvgIpc) is 2.78. The third kappa shape index (κ3) is 5.65. The molecule has 9 heteroatoms. The van der Waals surface area contributed by atoms with Crippen LogP contribution < -0.4 is 10.3 Å². The van der Waals surface area contributed by atoms with E-state index in [9.17, 15) is 26.4 Å². The van der Waals surface area contributed by atoms with Gasteiger partial charge in [-0.3, -0.25) is 0 Å². The number of halogens is 3. The third-order valence-electron chi connectivity index (χ3n) is 6.04. The van der Waals surface area contributed by atoms with Gasteiger partial charge in [0.2, 0.25) is 10.0 Å². The summed E-state index contributed by atoms with van der Waals surface area (Å²) in [5.41, 5.74) is -0.916. The Balaban J connectivity index is 1.50. The van der Waals surface area contributed by atoms with E-state index < -0.39 is 27.4 Å². The number of nitrogens with one attached hydrogen (secondary N) is 1. The Hall–Kier alpha value is -2.65. The number of hydrogen-bond acceptors (Lipinski definition) is 4. The van der Waals surface area contributed by atoms with E-state index in [0.29, 0.717) is 30.5 Å². The van der Waals surface area contributed by atoms with E-state index in [1.807, 2.05) is 0 Å². The zero-order valence-electron chi connectivity index (χ0n) is 17.8. The van der Waals surface area contributed by atoms with Gasteiger partial charge in [-0.25, -0.2) is 17.9 Å². The van der Waals surface area contributed by atoms with E-state index in [4.69, 9.17) is 4.42 Å². The molecule has 0 aliphatic heterocycles. The minimum atomic E-state index is -4.69. The van der Waals surface area contributed by atoms with Crippen molar-refractivity contribution < 1.29 is 26.0 Å². The van der Waals surface area contributed by atoms with Crippen molar-refractivity contribution in [1.29, 1.82) is 0 Å². The summed E-state index contributed by atoms with van der Waals surface area (Å²) in [6.45, 7) is 0.429. The zero-order valence-corrected chi connectivity index (χ0v) is 18.6. The highest BCUT2D eigenvalue weighted by molar-refractivity contribution is 7.89. The largest absolute Gasteiger partial charge is 0.423 e. The van der Waals surface area contributed by atoms with Crippen molar-refractivity contribution in [2.45, 2.75) is 49.6 Å². The second-order valence-corrected chi connectivity index (χ2v) is 10.3. The van der Waals surface area contributed by atoms with Crippen molar-refractivity contribution in [3.05, 3.63) is 75.6 Å². The minimum Gasteiger partial charge on any atom is -0.423 e. The lowest BCUT2D eigenvalue weighted by Gasteiger charge is -2.21. The van der Waals surface area contributed by atoms with E-state index in [1.54, 1.807) is 18.2 Å². The number of benzene rings is 2. The summed E-state index contributed by atoms with van der Waals surface area (Å²) in [6, 6.07) is 11.0. The first-order valence-corrected chi connectivity index (χ1v) is 12.3. The Bertz CT molecular complexity index is 1290. The fourth-order valence-electron chi connectivity index (χ4n) is 4.28. The second kappa shape index (κ2) is 9.30. The molecule has 1 aromatic heterocycles. The standard InChI is InChI=1S/C24H24F3NO4S/c25-24(26,27)21-14-23(29)32-22-11-8-18(13-20(21)22)12-16-6-9-19(10-7-16)33(30,31)28-15-17-4-2-1-3-5-17/h6-11,13-14,17,28H,1-5,12,15H2. The summed E-state index contributed by atoms with van der Waals surface area (Å²) < 4.78 is 72.8. The maximum atomic E-state index is 13.4. The van der Waals surface area contributed by atoms with Gasteiger partial charge in [-0.15, -0.1) is 0 Å². The highest BCUT2D eigenvalue weighted by Gasteiger charge is 2.34. The molecular formula is C24H24F3NO4S. The zero-order chi connectivity index (χ0) is 23.6. The molecule has 0 unspecified atom stereocenters. The first kappa shape index (κ1) is 23.5. The van der Waals surface area contributed by atoms with E-state index in [2.05, 4.69) is 4.72 Å². The topological polar surface area (TPSA) is 76.4 Å². The van der Waals surface area contributed by atoms with Crippen molar-refractivity contribution in [3.8, 4) is 0 Å². The number of sulfonamides is 1. The van der Waals surface area contributed by atoms with Gasteiger partial charge in [0.05, 0.1) is 10.5 Å². The van der Waals surface area contributed by atoms with E-state index in [1.165, 1.54) is 30.7 Å². The molecule has 1 fully saturated rings. The molecule has 0 amide bonds. The van der Waals surface area contributed by atoms with Crippen LogP contribution in [-0.4, -0.2) is 15.0 Å². The molecule has 0 radical (unpaired) electrons. The maximum absolute atomic E-state index is 13.4. The Morgan fingerprint density at radius 2 is 1.61 bits per heavy atom. The Morgan fingerprint density at radius 3 is 2.27 bits per heavy atom. The maximum Gasteiger partial charge on any atom is 0.417 e. The Kier molecular flexibility index (Phi) is 6.63. The van der Waals surface area contributed by atoms with Gasteiger partial charge < -0.3 is 4.42 Å². The van der Waals surface area contributed by atoms with Crippen LogP contribution in [0.5, 0.6) is 0 Å². The quantitative estimate of drug-likeness (QED) is 0.489. The molecule has 1 N–H and O–H groups in total. The van der Waals surface area contributed by atoms with E-state index >= 15 is 0 Å². The Morgan fingerprint density at radius 1 is 0.939 bits per heavy atom. The molecule has 0 bridgehead atoms. The lowest BCUT2D eigenvalue weighted by atomic mass is 9.90. The normalized spacial score (nSPS) is 15.7. The van der Waals surface area contributed by atoms with Crippen LogP contribution in [0, 0.1) is 5.92 Å². The van der Waals surface area contributed by atoms with Gasteiger partial charge in [0.1, 0.15) is 5.58 Å². The molecule has 4 rings (SSSR count). The highest BCUT2D eigenvalue weighted by atomic mass is 32.2. The molecule has 1 saturated carbocycles. The van der Waals surface area contributed by atoms with Gasteiger partial charge in [0.15, 0.2) is 0 Å². The molecule has 0 spiro atoms. The van der Waals surface area contributed by atoms with Gasteiger partial charge in [-0.05, 0) is 60.6 Å². The fraction of sp³-hybridized carbons (Fsp3) is 0.375. The fourth-order valence-corrected chi connectivity index (χ4v) is 5.40. The van der Waals surface area contributed by atoms with Gasteiger partial charge in [-0.2, -0.15) is 13.2 Å². The van der Waals surface area contributed by atoms with Gasteiger partial charge in [0, 0.05) is 18.0 Å². The monoisotopic (exact) mass is 479 g/mol. The van der Waals surface area contributed by atoms with Crippen LogP contribution in [0.25, 0.3) is 11.0 Å². The van der Waals surface area contributed by atoms with Crippen LogP contribution in [-0.2, 0) is 22.6 Å². The summed E-state index contributed by atoms with van der Waals surface area (Å²) in [6.07, 6.45) is 1.14. The summed E-state index contributed by atoms with van der Waals surface area (Å²) in [7, 11) is -3.62. The van der Waals surface area contributed by atoms with Crippen LogP contribution in [0.15, 0.2) is 62.6 Å². The number of rotatable bonds is 6. The molecule has 33 heavy (non-hydrogen) atoms. The van der Waals surface area contributed by atoms with Crippen LogP contribution in [0.4, 0.5) is 13.2 Å². The molecule has 176 valence electrons. The summed E-state index contributed by atoms with van der Waals surface area (Å²) in [5.74, 6) is 0.367. The SMILES string of the molecule is O=c1cc(C(F)(F)F)c2cc(Cc3ccc(S(=O)(=O)NCC4CCCCC4)cc3)ccc2o1. The second-order valence-electron chi connectivity index (χ2n) is 8.48. The number of alkyl halides is 3. The molecule has 5 nitrogen and oxygen atoms in total. The first-order chi connectivity index (χ1) is 15.6. The first-order valence-electron chi connectivity index (χ1n) is 10.8. The van der Waals surface area contributed by atoms with Gasteiger partial charge >= 0.3 is 11.8 Å². The van der Waals surface area contributed by atoms with Crippen molar-refractivity contribution in [2.75, 3.05) is 6.54 Å². The average molecular weight is 480 g/mol. The molecule has 3 aromatic rings. The third-order valence-corrected chi connectivity index (χ3v) is 7.48. The molecule has 0 atom stereocenters. The summed E-state index contributed by atoms with van der Waals surface area (Å²) in [4.78, 5) is 11.6. The van der Waals surface area contributed by atoms with Gasteiger partial charge in [-0.1, -0.05) is 37.5 Å². The summed E-state index contributed by atoms with van der Waals surface area (Å²) in [5, 5.41) is -0.189. The lowest BCUT2D eigenvalue weighted by molar-refractivity contribution is -0.136. The number of fused-ring (bicyclic) bond motifs is 1. The molecule has 1 aliphatic rings. The van der Waals surface area contributed by atoms with E-state index in [-0.39, 0.29) is 15.9 Å². The van der Waals surface area contributed by atoms with Crippen molar-refractivity contribution >= 4 is 21.0 Å². The molecule has 1 aliphatic carbocycles. The number of hydrogen-bond donors (Lipinski definition) is 1. The summed E-state index contributed by atoms with van der Waals surface area (Å²) >= 11 is 0. The highest BCUT2D eigenvalue weighted by Crippen LogP contribution is 2.34. The smallest absolute Gasteiger partial charge is 0.417 e. The Labute approximate surface area is 189 Å². The van der Waals surface area contributed by atoms with Crippen LogP contribution in [0.2, 0.25) is 0 Å². The molecule has 1 heterocycles. The van der Waals surface area contributed by atoms with Crippen LogP contribution in [0.1, 0.15) is 48.8 Å². The lowest BCUT2D eigenvalue weighted by Crippen LogP contribution is -2.30. The molecular weight excluding hydrogens is 455 g/mol. The van der Waals surface area contributed by atoms with Crippen LogP contribution in [0.3, 0.4) is 0 Å². The molecule has 2 aromatic carbocycles. The van der Waals surface area contributed by atoms with Crippen molar-refractivity contribution in [1.82, 2.24) is 4.72 Å².